The highest BCUT2D eigenvalue weighted by Crippen LogP contribution is 2.17. The van der Waals surface area contributed by atoms with Gasteiger partial charge in [-0.05, 0) is 38.5 Å². The highest BCUT2D eigenvalue weighted by molar-refractivity contribution is 5.80. The first-order chi connectivity index (χ1) is 26.6. The number of aliphatic hydroxyl groups is 3. The van der Waals surface area contributed by atoms with E-state index < -0.39 is 24.2 Å². The molecule has 0 aromatic rings. The number of allylic oxidation sites excluding steroid dienone is 2. The van der Waals surface area contributed by atoms with Crippen LogP contribution in [0.3, 0.4) is 0 Å². The number of nitrogens with one attached hydrogen (secondary N) is 1. The highest BCUT2D eigenvalue weighted by Gasteiger charge is 2.23. The van der Waals surface area contributed by atoms with Gasteiger partial charge in [0.05, 0.1) is 18.8 Å². The van der Waals surface area contributed by atoms with E-state index in [4.69, 9.17) is 0 Å². The van der Waals surface area contributed by atoms with Crippen molar-refractivity contribution in [2.24, 2.45) is 0 Å². The largest absolute Gasteiger partial charge is 0.394 e. The van der Waals surface area contributed by atoms with E-state index in [2.05, 4.69) is 31.3 Å². The van der Waals surface area contributed by atoms with Crippen molar-refractivity contribution < 1.29 is 20.1 Å². The summed E-state index contributed by atoms with van der Waals surface area (Å²) in [6.07, 6.45) is 53.7. The van der Waals surface area contributed by atoms with Gasteiger partial charge in [0.1, 0.15) is 6.10 Å². The zero-order valence-electron chi connectivity index (χ0n) is 36.6. The van der Waals surface area contributed by atoms with Gasteiger partial charge in [0.25, 0.3) is 0 Å². The van der Waals surface area contributed by atoms with Crippen LogP contribution in [0.4, 0.5) is 0 Å². The van der Waals surface area contributed by atoms with Gasteiger partial charge in [-0.2, -0.15) is 0 Å². The van der Waals surface area contributed by atoms with Crippen molar-refractivity contribution >= 4 is 5.91 Å². The molecule has 0 heterocycles. The lowest BCUT2D eigenvalue weighted by Crippen LogP contribution is -2.49. The fourth-order valence-electron chi connectivity index (χ4n) is 7.78. The second kappa shape index (κ2) is 44.8. The molecule has 0 aromatic heterocycles. The molecule has 3 atom stereocenters. The van der Waals surface area contributed by atoms with Crippen molar-refractivity contribution in [2.75, 3.05) is 6.61 Å². The van der Waals surface area contributed by atoms with Crippen LogP contribution in [0.1, 0.15) is 271 Å². The average Bonchev–Trinajstić information content (AvgIpc) is 3.18. The van der Waals surface area contributed by atoms with Gasteiger partial charge in [-0.1, -0.05) is 244 Å². The molecular formula is C49H97NO4. The predicted octanol–water partition coefficient (Wildman–Crippen LogP) is 14.4. The van der Waals surface area contributed by atoms with Gasteiger partial charge in [0.15, 0.2) is 0 Å². The van der Waals surface area contributed by atoms with Crippen molar-refractivity contribution in [3.63, 3.8) is 0 Å². The number of rotatable bonds is 45. The molecule has 0 bridgehead atoms. The van der Waals surface area contributed by atoms with Gasteiger partial charge in [-0.15, -0.1) is 0 Å². The van der Waals surface area contributed by atoms with E-state index in [9.17, 15) is 20.1 Å². The molecule has 5 heteroatoms. The van der Waals surface area contributed by atoms with Crippen molar-refractivity contribution in [1.82, 2.24) is 5.32 Å². The van der Waals surface area contributed by atoms with E-state index in [1.54, 1.807) is 0 Å². The lowest BCUT2D eigenvalue weighted by Gasteiger charge is -2.23. The number of aliphatic hydroxyl groups excluding tert-OH is 3. The maximum atomic E-state index is 12.5. The maximum absolute atomic E-state index is 12.5. The zero-order valence-corrected chi connectivity index (χ0v) is 36.6. The quantitative estimate of drug-likeness (QED) is 0.0367. The van der Waals surface area contributed by atoms with E-state index in [1.165, 1.54) is 212 Å². The molecule has 5 nitrogen and oxygen atoms in total. The van der Waals surface area contributed by atoms with Crippen molar-refractivity contribution in [2.45, 2.75) is 289 Å². The molecule has 0 aliphatic rings. The van der Waals surface area contributed by atoms with E-state index >= 15 is 0 Å². The van der Waals surface area contributed by atoms with Crippen LogP contribution in [0.15, 0.2) is 12.2 Å². The number of hydrogen-bond acceptors (Lipinski definition) is 4. The smallest absolute Gasteiger partial charge is 0.249 e. The molecule has 0 aliphatic heterocycles. The Morgan fingerprint density at radius 2 is 0.704 bits per heavy atom. The first kappa shape index (κ1) is 53.1. The van der Waals surface area contributed by atoms with Gasteiger partial charge in [0.2, 0.25) is 5.91 Å². The molecule has 0 aliphatic carbocycles. The van der Waals surface area contributed by atoms with E-state index in [0.29, 0.717) is 12.8 Å². The molecule has 0 saturated heterocycles. The van der Waals surface area contributed by atoms with E-state index in [-0.39, 0.29) is 6.61 Å². The number of carbonyl (C=O) groups excluding carboxylic acids is 1. The zero-order chi connectivity index (χ0) is 39.4. The molecule has 0 aromatic carbocycles. The second-order valence-corrected chi connectivity index (χ2v) is 17.0. The lowest BCUT2D eigenvalue weighted by molar-refractivity contribution is -0.131. The van der Waals surface area contributed by atoms with Crippen LogP contribution < -0.4 is 5.32 Å². The molecular weight excluding hydrogens is 667 g/mol. The Labute approximate surface area is 338 Å². The maximum Gasteiger partial charge on any atom is 0.249 e. The summed E-state index contributed by atoms with van der Waals surface area (Å²) in [7, 11) is 0. The van der Waals surface area contributed by atoms with E-state index in [1.807, 2.05) is 0 Å². The van der Waals surface area contributed by atoms with Crippen molar-refractivity contribution in [3.8, 4) is 0 Å². The summed E-state index contributed by atoms with van der Waals surface area (Å²) >= 11 is 0. The Hall–Kier alpha value is -0.910. The summed E-state index contributed by atoms with van der Waals surface area (Å²) in [6.45, 7) is 4.26. The van der Waals surface area contributed by atoms with Gasteiger partial charge >= 0.3 is 0 Å². The summed E-state index contributed by atoms with van der Waals surface area (Å²) in [5.41, 5.74) is 0. The van der Waals surface area contributed by atoms with Gasteiger partial charge in [0, 0.05) is 0 Å². The first-order valence-electron chi connectivity index (χ1n) is 24.5. The van der Waals surface area contributed by atoms with Crippen LogP contribution >= 0.6 is 0 Å². The Bertz CT molecular complexity index is 758. The SMILES string of the molecule is CCCCCCCCCCCCCC/C=C\CCCCCCCCC(O)C(=O)NC(CO)C(O)CCCCCCCCCCCCCCCCCCCC. The predicted molar refractivity (Wildman–Crippen MR) is 236 cm³/mol. The van der Waals surface area contributed by atoms with Gasteiger partial charge in [-0.3, -0.25) is 4.79 Å². The molecule has 1 amide bonds. The van der Waals surface area contributed by atoms with Crippen molar-refractivity contribution in [3.05, 3.63) is 12.2 Å². The summed E-state index contributed by atoms with van der Waals surface area (Å²) < 4.78 is 0. The van der Waals surface area contributed by atoms with Gasteiger partial charge < -0.3 is 20.6 Å². The molecule has 0 spiro atoms. The minimum Gasteiger partial charge on any atom is -0.394 e. The number of hydrogen-bond donors (Lipinski definition) is 4. The number of carbonyl (C=O) groups is 1. The molecule has 0 radical (unpaired) electrons. The lowest BCUT2D eigenvalue weighted by atomic mass is 10.0. The van der Waals surface area contributed by atoms with Crippen LogP contribution in [-0.2, 0) is 4.79 Å². The molecule has 0 saturated carbocycles. The van der Waals surface area contributed by atoms with Crippen molar-refractivity contribution in [1.29, 1.82) is 0 Å². The molecule has 0 rings (SSSR count). The summed E-state index contributed by atoms with van der Waals surface area (Å²) in [5.74, 6) is -0.471. The van der Waals surface area contributed by atoms with Gasteiger partial charge in [-0.25, -0.2) is 0 Å². The highest BCUT2D eigenvalue weighted by atomic mass is 16.3. The molecule has 54 heavy (non-hydrogen) atoms. The Morgan fingerprint density at radius 3 is 1.02 bits per heavy atom. The number of amides is 1. The standard InChI is InChI=1S/C49H97NO4/c1-3-5-7-9-11-13-15-17-19-21-23-24-25-26-28-30-32-34-36-38-40-42-44-48(53)49(54)50-46(45-51)47(52)43-41-39-37-35-33-31-29-27-22-20-18-16-14-12-10-8-6-4-2/h26,28,46-48,51-53H,3-25,27,29-45H2,1-2H3,(H,50,54)/b28-26-. The third kappa shape index (κ3) is 39.3. The van der Waals surface area contributed by atoms with Crippen LogP contribution in [0.5, 0.6) is 0 Å². The summed E-state index contributed by atoms with van der Waals surface area (Å²) in [6, 6.07) is -0.712. The van der Waals surface area contributed by atoms with Crippen LogP contribution in [0.25, 0.3) is 0 Å². The number of unbranched alkanes of at least 4 members (excludes halogenated alkanes) is 35. The molecule has 4 N–H and O–H groups in total. The van der Waals surface area contributed by atoms with Crippen LogP contribution in [0, 0.1) is 0 Å². The second-order valence-electron chi connectivity index (χ2n) is 17.0. The van der Waals surface area contributed by atoms with E-state index in [0.717, 1.165) is 32.1 Å². The van der Waals surface area contributed by atoms with Crippen LogP contribution in [-0.4, -0.2) is 46.1 Å². The fourth-order valence-corrected chi connectivity index (χ4v) is 7.78. The minimum absolute atomic E-state index is 0.312. The Kier molecular flexibility index (Phi) is 44.0. The molecule has 0 fully saturated rings. The van der Waals surface area contributed by atoms with Crippen LogP contribution in [0.2, 0.25) is 0 Å². The first-order valence-corrected chi connectivity index (χ1v) is 24.5. The fraction of sp³-hybridized carbons (Fsp3) is 0.939. The monoisotopic (exact) mass is 764 g/mol. The summed E-state index contributed by atoms with van der Waals surface area (Å²) in [4.78, 5) is 12.5. The Morgan fingerprint density at radius 1 is 0.426 bits per heavy atom. The molecule has 322 valence electrons. The topological polar surface area (TPSA) is 89.8 Å². The third-order valence-electron chi connectivity index (χ3n) is 11.6. The third-order valence-corrected chi connectivity index (χ3v) is 11.6. The molecule has 3 unspecified atom stereocenters. The average molecular weight is 764 g/mol. The summed E-state index contributed by atoms with van der Waals surface area (Å²) in [5, 5.41) is 33.4. The minimum atomic E-state index is -1.08. The Balaban J connectivity index is 3.58. The normalized spacial score (nSPS) is 13.5.